The van der Waals surface area contributed by atoms with Gasteiger partial charge in [0.2, 0.25) is 5.90 Å². The van der Waals surface area contributed by atoms with Crippen LogP contribution in [0, 0.1) is 5.41 Å². The molecule has 0 fully saturated rings. The van der Waals surface area contributed by atoms with Crippen LogP contribution in [0.25, 0.3) is 0 Å². The van der Waals surface area contributed by atoms with Crippen molar-refractivity contribution in [1.29, 1.82) is 5.41 Å². The topological polar surface area (TPSA) is 62.5 Å². The number of aliphatic hydroxyl groups excluding tert-OH is 1. The Bertz CT molecular complexity index is 569. The number of ether oxygens (including phenoxy) is 2. The lowest BCUT2D eigenvalue weighted by Crippen LogP contribution is -2.14. The molecule has 4 nitrogen and oxygen atoms in total. The largest absolute Gasteiger partial charge is 0.479 e. The molecule has 2 rings (SSSR count). The van der Waals surface area contributed by atoms with Crippen LogP contribution in [0.2, 0.25) is 0 Å². The first kappa shape index (κ1) is 14.1. The van der Waals surface area contributed by atoms with Crippen LogP contribution in [0.4, 0.5) is 0 Å². The van der Waals surface area contributed by atoms with E-state index in [-0.39, 0.29) is 5.90 Å². The smallest absolute Gasteiger partial charge is 0.214 e. The molecule has 0 aromatic heterocycles. The number of benzene rings is 2. The monoisotopic (exact) mass is 271 g/mol. The number of aliphatic hydroxyl groups is 1. The summed E-state index contributed by atoms with van der Waals surface area (Å²) < 4.78 is 10.7. The Kier molecular flexibility index (Phi) is 4.74. The van der Waals surface area contributed by atoms with Crippen molar-refractivity contribution in [3.8, 4) is 11.5 Å². The summed E-state index contributed by atoms with van der Waals surface area (Å²) >= 11 is 0. The molecule has 2 aromatic rings. The predicted molar refractivity (Wildman–Crippen MR) is 77.3 cm³/mol. The summed E-state index contributed by atoms with van der Waals surface area (Å²) in [5, 5.41) is 17.6. The summed E-state index contributed by atoms with van der Waals surface area (Å²) in [6.45, 7) is 2.13. The second kappa shape index (κ2) is 6.73. The summed E-state index contributed by atoms with van der Waals surface area (Å²) in [5.74, 6) is 1.17. The van der Waals surface area contributed by atoms with Gasteiger partial charge in [-0.05, 0) is 36.8 Å². The van der Waals surface area contributed by atoms with Gasteiger partial charge in [-0.1, -0.05) is 30.3 Å². The van der Waals surface area contributed by atoms with E-state index in [2.05, 4.69) is 0 Å². The third-order valence-electron chi connectivity index (χ3n) is 2.70. The van der Waals surface area contributed by atoms with Gasteiger partial charge in [0, 0.05) is 0 Å². The van der Waals surface area contributed by atoms with E-state index < -0.39 is 6.10 Å². The molecule has 0 saturated heterocycles. The summed E-state index contributed by atoms with van der Waals surface area (Å²) in [4.78, 5) is 0. The van der Waals surface area contributed by atoms with E-state index in [4.69, 9.17) is 14.9 Å². The van der Waals surface area contributed by atoms with Gasteiger partial charge in [0.1, 0.15) is 11.5 Å². The lowest BCUT2D eigenvalue weighted by Gasteiger charge is -2.14. The molecule has 0 bridgehead atoms. The van der Waals surface area contributed by atoms with Crippen LogP contribution in [0.1, 0.15) is 18.6 Å². The van der Waals surface area contributed by atoms with Crippen LogP contribution in [-0.4, -0.2) is 17.6 Å². The number of nitrogens with one attached hydrogen (secondary N) is 1. The standard InChI is InChI=1S/C16H17NO3/c1-2-19-16(17)15(18)12-7-6-10-14(11-12)20-13-8-4-3-5-9-13/h3-11,15,17-18H,2H2,1H3. The maximum absolute atomic E-state index is 10.0. The van der Waals surface area contributed by atoms with Gasteiger partial charge in [0.05, 0.1) is 6.61 Å². The molecule has 2 N–H and O–H groups in total. The van der Waals surface area contributed by atoms with E-state index in [0.717, 1.165) is 5.75 Å². The van der Waals surface area contributed by atoms with Crippen LogP contribution < -0.4 is 4.74 Å². The fourth-order valence-corrected chi connectivity index (χ4v) is 1.76. The third kappa shape index (κ3) is 3.59. The maximum Gasteiger partial charge on any atom is 0.214 e. The van der Waals surface area contributed by atoms with Crippen molar-refractivity contribution < 1.29 is 14.6 Å². The molecule has 4 heteroatoms. The lowest BCUT2D eigenvalue weighted by molar-refractivity contribution is 0.190. The van der Waals surface area contributed by atoms with Gasteiger partial charge in [-0.3, -0.25) is 5.41 Å². The Hall–Kier alpha value is -2.33. The van der Waals surface area contributed by atoms with E-state index >= 15 is 0 Å². The molecule has 0 spiro atoms. The zero-order valence-electron chi connectivity index (χ0n) is 11.2. The Labute approximate surface area is 118 Å². The number of rotatable bonds is 5. The molecule has 0 radical (unpaired) electrons. The van der Waals surface area contributed by atoms with Crippen LogP contribution in [0.5, 0.6) is 11.5 Å². The second-order valence-corrected chi connectivity index (χ2v) is 4.19. The highest BCUT2D eigenvalue weighted by atomic mass is 16.5. The number of para-hydroxylation sites is 1. The average molecular weight is 271 g/mol. The molecule has 104 valence electrons. The Morgan fingerprint density at radius 2 is 1.80 bits per heavy atom. The van der Waals surface area contributed by atoms with Gasteiger partial charge in [0.25, 0.3) is 0 Å². The van der Waals surface area contributed by atoms with E-state index in [1.807, 2.05) is 30.3 Å². The van der Waals surface area contributed by atoms with E-state index in [0.29, 0.717) is 17.9 Å². The van der Waals surface area contributed by atoms with Crippen molar-refractivity contribution in [2.45, 2.75) is 13.0 Å². The number of hydrogen-bond acceptors (Lipinski definition) is 4. The molecule has 1 atom stereocenters. The van der Waals surface area contributed by atoms with Crippen molar-refractivity contribution in [1.82, 2.24) is 0 Å². The normalized spacial score (nSPS) is 11.7. The first-order valence-corrected chi connectivity index (χ1v) is 6.43. The fraction of sp³-hybridized carbons (Fsp3) is 0.188. The first-order valence-electron chi connectivity index (χ1n) is 6.43. The fourth-order valence-electron chi connectivity index (χ4n) is 1.76. The highest BCUT2D eigenvalue weighted by molar-refractivity contribution is 5.79. The summed E-state index contributed by atoms with van der Waals surface area (Å²) in [7, 11) is 0. The Morgan fingerprint density at radius 3 is 2.50 bits per heavy atom. The molecule has 2 aromatic carbocycles. The summed E-state index contributed by atoms with van der Waals surface area (Å²) in [6.07, 6.45) is -1.07. The third-order valence-corrected chi connectivity index (χ3v) is 2.70. The molecule has 0 aliphatic heterocycles. The van der Waals surface area contributed by atoms with E-state index in [1.54, 1.807) is 31.2 Å². The molecule has 0 heterocycles. The molecular formula is C16H17NO3. The molecule has 1 unspecified atom stereocenters. The van der Waals surface area contributed by atoms with Crippen LogP contribution in [0.15, 0.2) is 54.6 Å². The zero-order valence-corrected chi connectivity index (χ0v) is 11.2. The van der Waals surface area contributed by atoms with Gasteiger partial charge in [-0.2, -0.15) is 0 Å². The van der Waals surface area contributed by atoms with Crippen LogP contribution in [0.3, 0.4) is 0 Å². The van der Waals surface area contributed by atoms with Crippen molar-refractivity contribution in [3.05, 3.63) is 60.2 Å². The van der Waals surface area contributed by atoms with Crippen molar-refractivity contribution >= 4 is 5.90 Å². The molecule has 0 aliphatic carbocycles. The molecule has 0 amide bonds. The lowest BCUT2D eigenvalue weighted by atomic mass is 10.1. The summed E-state index contributed by atoms with van der Waals surface area (Å²) in [5.41, 5.74) is 0.567. The van der Waals surface area contributed by atoms with E-state index in [1.165, 1.54) is 0 Å². The van der Waals surface area contributed by atoms with Crippen LogP contribution in [-0.2, 0) is 4.74 Å². The average Bonchev–Trinajstić information content (AvgIpc) is 2.48. The van der Waals surface area contributed by atoms with Gasteiger partial charge < -0.3 is 14.6 Å². The minimum absolute atomic E-state index is 0.163. The zero-order chi connectivity index (χ0) is 14.4. The molecule has 0 saturated carbocycles. The molecule has 0 aliphatic rings. The Balaban J connectivity index is 2.13. The van der Waals surface area contributed by atoms with Gasteiger partial charge in [-0.25, -0.2) is 0 Å². The van der Waals surface area contributed by atoms with Crippen molar-refractivity contribution in [2.75, 3.05) is 6.61 Å². The molecular weight excluding hydrogens is 254 g/mol. The van der Waals surface area contributed by atoms with E-state index in [9.17, 15) is 5.11 Å². The predicted octanol–water partition coefficient (Wildman–Crippen LogP) is 3.53. The van der Waals surface area contributed by atoms with Gasteiger partial charge in [-0.15, -0.1) is 0 Å². The van der Waals surface area contributed by atoms with Crippen molar-refractivity contribution in [3.63, 3.8) is 0 Å². The quantitative estimate of drug-likeness (QED) is 0.646. The summed E-state index contributed by atoms with van der Waals surface area (Å²) in [6, 6.07) is 16.4. The number of hydrogen-bond donors (Lipinski definition) is 2. The van der Waals surface area contributed by atoms with Gasteiger partial charge in [0.15, 0.2) is 6.10 Å². The highest BCUT2D eigenvalue weighted by Crippen LogP contribution is 2.25. The van der Waals surface area contributed by atoms with Crippen molar-refractivity contribution in [2.24, 2.45) is 0 Å². The van der Waals surface area contributed by atoms with Crippen LogP contribution >= 0.6 is 0 Å². The molecule has 20 heavy (non-hydrogen) atoms. The minimum atomic E-state index is -1.07. The second-order valence-electron chi connectivity index (χ2n) is 4.19. The first-order chi connectivity index (χ1) is 9.70. The minimum Gasteiger partial charge on any atom is -0.479 e. The highest BCUT2D eigenvalue weighted by Gasteiger charge is 2.15. The SMILES string of the molecule is CCOC(=N)C(O)c1cccc(Oc2ccccc2)c1. The Morgan fingerprint density at radius 1 is 1.10 bits per heavy atom. The van der Waals surface area contributed by atoms with Gasteiger partial charge >= 0.3 is 0 Å². The maximum atomic E-state index is 10.0.